The van der Waals surface area contributed by atoms with Crippen molar-refractivity contribution in [3.63, 3.8) is 0 Å². The Hall–Kier alpha value is -2.72. The molecule has 2 fully saturated rings. The maximum absolute atomic E-state index is 13.4. The van der Waals surface area contributed by atoms with Crippen LogP contribution in [0.3, 0.4) is 0 Å². The highest BCUT2D eigenvalue weighted by Crippen LogP contribution is 2.49. The summed E-state index contributed by atoms with van der Waals surface area (Å²) in [6, 6.07) is 11.2. The van der Waals surface area contributed by atoms with E-state index in [-0.39, 0.29) is 5.91 Å². The highest BCUT2D eigenvalue weighted by Gasteiger charge is 2.47. The van der Waals surface area contributed by atoms with Gasteiger partial charge in [-0.2, -0.15) is 13.2 Å². The average molecular weight is 477 g/mol. The molecule has 174 valence electrons. The van der Waals surface area contributed by atoms with Crippen molar-refractivity contribution >= 4 is 35.1 Å². The van der Waals surface area contributed by atoms with Gasteiger partial charge in [0.25, 0.3) is 5.91 Å². The molecule has 0 saturated carbocycles. The summed E-state index contributed by atoms with van der Waals surface area (Å²) in [5.41, 5.74) is 0.0435. The molecule has 10 heteroatoms. The van der Waals surface area contributed by atoms with Crippen LogP contribution in [0, 0.1) is 0 Å². The Labute approximate surface area is 193 Å². The van der Waals surface area contributed by atoms with E-state index in [1.54, 1.807) is 6.07 Å². The van der Waals surface area contributed by atoms with Gasteiger partial charge in [0.1, 0.15) is 5.54 Å². The molecule has 0 aromatic heterocycles. The van der Waals surface area contributed by atoms with Crippen molar-refractivity contribution in [1.29, 1.82) is 0 Å². The molecule has 33 heavy (non-hydrogen) atoms. The normalized spacial score (nSPS) is 19.8. The van der Waals surface area contributed by atoms with E-state index in [1.807, 2.05) is 29.2 Å². The monoisotopic (exact) mass is 476 g/mol. The molecular formula is C23H23F3N4O2S. The predicted octanol–water partition coefficient (Wildman–Crippen LogP) is 4.37. The zero-order valence-corrected chi connectivity index (χ0v) is 18.6. The van der Waals surface area contributed by atoms with Crippen LogP contribution in [0.5, 0.6) is 0 Å². The number of rotatable bonds is 4. The molecule has 0 aliphatic carbocycles. The predicted molar refractivity (Wildman–Crippen MR) is 119 cm³/mol. The summed E-state index contributed by atoms with van der Waals surface area (Å²) in [6.07, 6.45) is -2.55. The molecular weight excluding hydrogens is 453 g/mol. The van der Waals surface area contributed by atoms with Crippen molar-refractivity contribution < 1.29 is 22.8 Å². The lowest BCUT2D eigenvalue weighted by atomic mass is 9.87. The van der Waals surface area contributed by atoms with Crippen LogP contribution in [0.15, 0.2) is 52.3 Å². The summed E-state index contributed by atoms with van der Waals surface area (Å²) in [4.78, 5) is 29.7. The Morgan fingerprint density at radius 2 is 1.70 bits per heavy atom. The fraction of sp³-hybridized carbons (Fsp3) is 0.391. The van der Waals surface area contributed by atoms with Crippen molar-refractivity contribution in [2.75, 3.05) is 31.1 Å². The lowest BCUT2D eigenvalue weighted by Crippen LogP contribution is -2.54. The first kappa shape index (κ1) is 22.1. The van der Waals surface area contributed by atoms with Crippen LogP contribution in [0.2, 0.25) is 0 Å². The van der Waals surface area contributed by atoms with Crippen molar-refractivity contribution in [3.8, 4) is 0 Å². The molecule has 3 aliphatic rings. The molecule has 2 aromatic rings. The molecule has 3 aliphatic heterocycles. The van der Waals surface area contributed by atoms with Crippen LogP contribution in [-0.4, -0.2) is 48.6 Å². The van der Waals surface area contributed by atoms with Gasteiger partial charge in [0.2, 0.25) is 0 Å². The van der Waals surface area contributed by atoms with Crippen molar-refractivity contribution in [2.45, 2.75) is 40.8 Å². The van der Waals surface area contributed by atoms with Crippen LogP contribution >= 0.6 is 11.8 Å². The second kappa shape index (κ2) is 8.25. The number of para-hydroxylation sites is 1. The summed E-state index contributed by atoms with van der Waals surface area (Å²) in [7, 11) is 0. The number of hydrogen-bond donors (Lipinski definition) is 2. The first-order chi connectivity index (χ1) is 15.7. The topological polar surface area (TPSA) is 64.7 Å². The first-order valence-electron chi connectivity index (χ1n) is 10.9. The molecule has 0 atom stereocenters. The number of carbonyl (C=O) groups is 2. The summed E-state index contributed by atoms with van der Waals surface area (Å²) < 4.78 is 40.1. The Morgan fingerprint density at radius 1 is 0.970 bits per heavy atom. The van der Waals surface area contributed by atoms with E-state index in [1.165, 1.54) is 17.8 Å². The minimum atomic E-state index is -4.39. The largest absolute Gasteiger partial charge is 0.416 e. The van der Waals surface area contributed by atoms with Gasteiger partial charge >= 0.3 is 12.2 Å². The highest BCUT2D eigenvalue weighted by atomic mass is 32.2. The third-order valence-corrected chi connectivity index (χ3v) is 7.66. The van der Waals surface area contributed by atoms with Crippen molar-refractivity contribution in [2.24, 2.45) is 0 Å². The molecule has 0 unspecified atom stereocenters. The van der Waals surface area contributed by atoms with Crippen molar-refractivity contribution in [3.05, 3.63) is 48.0 Å². The molecule has 3 heterocycles. The van der Waals surface area contributed by atoms with Gasteiger partial charge < -0.3 is 15.1 Å². The number of imide groups is 1. The summed E-state index contributed by atoms with van der Waals surface area (Å²) in [6.45, 7) is 2.68. The maximum atomic E-state index is 13.4. The van der Waals surface area contributed by atoms with Gasteiger partial charge in [-0.3, -0.25) is 10.1 Å². The third kappa shape index (κ3) is 4.17. The minimum absolute atomic E-state index is 0.258. The van der Waals surface area contributed by atoms with Crippen LogP contribution < -0.4 is 15.5 Å². The van der Waals surface area contributed by atoms with E-state index in [0.717, 1.165) is 34.5 Å². The Bertz CT molecular complexity index is 1100. The summed E-state index contributed by atoms with van der Waals surface area (Å²) in [5, 5.41) is 5.07. The van der Waals surface area contributed by atoms with Gasteiger partial charge in [-0.25, -0.2) is 4.79 Å². The standard InChI is InChI=1S/C23H23F3N4O2S/c24-23(25,26)15-6-7-19-17(14-15)30(16-4-1-2-5-18(16)33-19)11-3-10-29-12-8-22(9-13-29)20(31)27-21(32)28-22/h1-2,4-7,14H,3,8-13H2,(H2,27,28,31,32). The Balaban J connectivity index is 1.28. The van der Waals surface area contributed by atoms with Crippen LogP contribution in [0.4, 0.5) is 29.3 Å². The van der Waals surface area contributed by atoms with Crippen LogP contribution in [0.25, 0.3) is 0 Å². The minimum Gasteiger partial charge on any atom is -0.340 e. The summed E-state index contributed by atoms with van der Waals surface area (Å²) >= 11 is 1.49. The number of benzene rings is 2. The fourth-order valence-corrected chi connectivity index (χ4v) is 5.81. The lowest BCUT2D eigenvalue weighted by Gasteiger charge is -2.38. The third-order valence-electron chi connectivity index (χ3n) is 6.53. The number of alkyl halides is 3. The molecule has 3 amide bonds. The number of urea groups is 1. The first-order valence-corrected chi connectivity index (χ1v) is 11.7. The number of likely N-dealkylation sites (tertiary alicyclic amines) is 1. The SMILES string of the molecule is O=C1NC(=O)C2(CCN(CCCN3c4ccccc4Sc4ccc(C(F)(F)F)cc43)CC2)N1. The second-order valence-corrected chi connectivity index (χ2v) is 9.67. The molecule has 6 nitrogen and oxygen atoms in total. The number of nitrogens with one attached hydrogen (secondary N) is 2. The number of fused-ring (bicyclic) bond motifs is 2. The molecule has 2 saturated heterocycles. The van der Waals surface area contributed by atoms with E-state index >= 15 is 0 Å². The fourth-order valence-electron chi connectivity index (χ4n) is 4.74. The average Bonchev–Trinajstić information content (AvgIpc) is 3.06. The van der Waals surface area contributed by atoms with Crippen molar-refractivity contribution in [1.82, 2.24) is 15.5 Å². The van der Waals surface area contributed by atoms with E-state index in [2.05, 4.69) is 15.5 Å². The zero-order chi connectivity index (χ0) is 23.2. The number of piperidine rings is 1. The van der Waals surface area contributed by atoms with Gasteiger partial charge in [0, 0.05) is 29.4 Å². The van der Waals surface area contributed by atoms with E-state index < -0.39 is 23.3 Å². The van der Waals surface area contributed by atoms with Crippen LogP contribution in [-0.2, 0) is 11.0 Å². The molecule has 1 spiro atoms. The number of carbonyl (C=O) groups excluding carboxylic acids is 2. The van der Waals surface area contributed by atoms with Gasteiger partial charge in [0.15, 0.2) is 0 Å². The molecule has 0 bridgehead atoms. The number of nitrogens with zero attached hydrogens (tertiary/aromatic N) is 2. The van der Waals surface area contributed by atoms with E-state index in [0.29, 0.717) is 38.2 Å². The molecule has 5 rings (SSSR count). The number of hydrogen-bond acceptors (Lipinski definition) is 5. The Kier molecular flexibility index (Phi) is 5.52. The van der Waals surface area contributed by atoms with E-state index in [4.69, 9.17) is 0 Å². The van der Waals surface area contributed by atoms with Gasteiger partial charge in [-0.05, 0) is 56.1 Å². The molecule has 2 N–H and O–H groups in total. The van der Waals surface area contributed by atoms with Gasteiger partial charge in [-0.15, -0.1) is 0 Å². The number of anilines is 2. The summed E-state index contributed by atoms with van der Waals surface area (Å²) in [5.74, 6) is -0.258. The quantitative estimate of drug-likeness (QED) is 0.642. The molecule has 2 aromatic carbocycles. The number of halogens is 3. The smallest absolute Gasteiger partial charge is 0.340 e. The van der Waals surface area contributed by atoms with Gasteiger partial charge in [-0.1, -0.05) is 23.9 Å². The lowest BCUT2D eigenvalue weighted by molar-refractivity contribution is -0.137. The zero-order valence-electron chi connectivity index (χ0n) is 17.7. The highest BCUT2D eigenvalue weighted by molar-refractivity contribution is 7.99. The molecule has 0 radical (unpaired) electrons. The second-order valence-electron chi connectivity index (χ2n) is 8.59. The number of amides is 3. The van der Waals surface area contributed by atoms with Crippen LogP contribution in [0.1, 0.15) is 24.8 Å². The Morgan fingerprint density at radius 3 is 2.39 bits per heavy atom. The van der Waals surface area contributed by atoms with Gasteiger partial charge in [0.05, 0.1) is 16.9 Å². The van der Waals surface area contributed by atoms with E-state index in [9.17, 15) is 22.8 Å². The maximum Gasteiger partial charge on any atom is 0.416 e.